The quantitative estimate of drug-likeness (QED) is 0.748. The van der Waals surface area contributed by atoms with Crippen molar-refractivity contribution in [2.75, 3.05) is 14.2 Å². The van der Waals surface area contributed by atoms with Crippen molar-refractivity contribution in [1.82, 2.24) is 0 Å². The molecule has 100 valence electrons. The fraction of sp³-hybridized carbons (Fsp3) is 0.692. The molecule has 0 N–H and O–H groups in total. The first-order valence-electron chi connectivity index (χ1n) is 5.92. The van der Waals surface area contributed by atoms with E-state index in [0.717, 1.165) is 10.1 Å². The zero-order chi connectivity index (χ0) is 13.7. The summed E-state index contributed by atoms with van der Waals surface area (Å²) in [5.74, 6) is -2.24. The lowest BCUT2D eigenvalue weighted by molar-refractivity contribution is -0.240. The lowest BCUT2D eigenvalue weighted by Crippen LogP contribution is -2.61. The Morgan fingerprint density at radius 1 is 1.39 bits per heavy atom. The molecule has 0 amide bonds. The van der Waals surface area contributed by atoms with E-state index in [-0.39, 0.29) is 23.4 Å². The smallest absolute Gasteiger partial charge is 0.236 e. The van der Waals surface area contributed by atoms with E-state index in [1.807, 2.05) is 6.92 Å². The van der Waals surface area contributed by atoms with Gasteiger partial charge in [-0.1, -0.05) is 21.5 Å². The molecule has 3 atom stereocenters. The summed E-state index contributed by atoms with van der Waals surface area (Å²) in [6.45, 7) is 3.44. The molecule has 0 aromatic rings. The maximum absolute atomic E-state index is 12.6. The number of carbonyl (C=O) groups excluding carboxylic acids is 2. The highest BCUT2D eigenvalue weighted by Crippen LogP contribution is 2.54. The molecule has 1 fully saturated rings. The third-order valence-corrected chi connectivity index (χ3v) is 5.43. The van der Waals surface area contributed by atoms with Crippen LogP contribution in [-0.2, 0) is 19.1 Å². The fourth-order valence-corrected chi connectivity index (χ4v) is 4.01. The first-order valence-corrected chi connectivity index (χ1v) is 6.71. The van der Waals surface area contributed by atoms with Crippen LogP contribution in [0, 0.1) is 17.8 Å². The molecule has 0 spiro atoms. The van der Waals surface area contributed by atoms with Gasteiger partial charge < -0.3 is 9.47 Å². The van der Waals surface area contributed by atoms with Gasteiger partial charge in [0.2, 0.25) is 5.79 Å². The molecule has 5 heteroatoms. The monoisotopic (exact) mass is 316 g/mol. The number of ketones is 2. The van der Waals surface area contributed by atoms with Gasteiger partial charge in [-0.3, -0.25) is 9.59 Å². The molecule has 4 nitrogen and oxygen atoms in total. The molecule has 18 heavy (non-hydrogen) atoms. The second-order valence-corrected chi connectivity index (χ2v) is 5.81. The zero-order valence-electron chi connectivity index (χ0n) is 11.0. The van der Waals surface area contributed by atoms with Gasteiger partial charge in [-0.05, 0) is 20.3 Å². The Morgan fingerprint density at radius 3 is 2.39 bits per heavy atom. The van der Waals surface area contributed by atoms with Gasteiger partial charge in [-0.15, -0.1) is 0 Å². The van der Waals surface area contributed by atoms with E-state index in [0.29, 0.717) is 6.42 Å². The molecule has 2 bridgehead atoms. The Labute approximate surface area is 115 Å². The molecule has 0 aliphatic heterocycles. The summed E-state index contributed by atoms with van der Waals surface area (Å²) in [6.07, 6.45) is 0.589. The average molecular weight is 317 g/mol. The van der Waals surface area contributed by atoms with Crippen LogP contribution < -0.4 is 0 Å². The molecule has 0 radical (unpaired) electrons. The lowest BCUT2D eigenvalue weighted by Gasteiger charge is -2.50. The summed E-state index contributed by atoms with van der Waals surface area (Å²) in [5, 5.41) is 0. The minimum Gasteiger partial charge on any atom is -0.346 e. The Balaban J connectivity index is 2.56. The summed E-state index contributed by atoms with van der Waals surface area (Å²) in [6, 6.07) is 0. The van der Waals surface area contributed by atoms with Crippen LogP contribution in [0.25, 0.3) is 0 Å². The number of methoxy groups -OCH3 is 2. The summed E-state index contributed by atoms with van der Waals surface area (Å²) in [7, 11) is 2.95. The molecular weight excluding hydrogens is 300 g/mol. The van der Waals surface area contributed by atoms with E-state index in [1.54, 1.807) is 6.92 Å². The van der Waals surface area contributed by atoms with Crippen LogP contribution in [0.2, 0.25) is 0 Å². The summed E-state index contributed by atoms with van der Waals surface area (Å²) >= 11 is 3.53. The molecular formula is C13H17BrO4. The maximum atomic E-state index is 12.6. The van der Waals surface area contributed by atoms with Crippen molar-refractivity contribution < 1.29 is 19.1 Å². The highest BCUT2D eigenvalue weighted by Gasteiger charge is 2.61. The average Bonchev–Trinajstić information content (AvgIpc) is 2.35. The van der Waals surface area contributed by atoms with Crippen molar-refractivity contribution in [3.8, 4) is 0 Å². The fourth-order valence-electron chi connectivity index (χ4n) is 3.28. The second kappa shape index (κ2) is 4.54. The highest BCUT2D eigenvalue weighted by atomic mass is 79.9. The Hall–Kier alpha value is -0.520. The van der Waals surface area contributed by atoms with Crippen molar-refractivity contribution in [1.29, 1.82) is 0 Å². The normalized spacial score (nSPS) is 34.1. The van der Waals surface area contributed by atoms with Crippen LogP contribution in [0.5, 0.6) is 0 Å². The largest absolute Gasteiger partial charge is 0.346 e. The molecule has 3 rings (SSSR count). The molecule has 3 aliphatic rings. The van der Waals surface area contributed by atoms with Crippen molar-refractivity contribution in [2.24, 2.45) is 17.8 Å². The molecule has 0 heterocycles. The number of fused-ring (bicyclic) bond motifs is 2. The van der Waals surface area contributed by atoms with Crippen molar-refractivity contribution in [3.63, 3.8) is 0 Å². The Bertz CT molecular complexity index is 436. The highest BCUT2D eigenvalue weighted by molar-refractivity contribution is 9.11. The number of rotatable bonds is 3. The van der Waals surface area contributed by atoms with Crippen molar-refractivity contribution in [3.05, 3.63) is 10.1 Å². The minimum atomic E-state index is -1.24. The predicted molar refractivity (Wildman–Crippen MR) is 69.2 cm³/mol. The van der Waals surface area contributed by atoms with Gasteiger partial charge in [-0.2, -0.15) is 0 Å². The van der Waals surface area contributed by atoms with Crippen LogP contribution in [0.4, 0.5) is 0 Å². The van der Waals surface area contributed by atoms with Gasteiger partial charge in [0.05, 0.1) is 11.8 Å². The van der Waals surface area contributed by atoms with Crippen LogP contribution in [-0.4, -0.2) is 31.6 Å². The Morgan fingerprint density at radius 2 is 1.94 bits per heavy atom. The number of ether oxygens (including phenoxy) is 2. The van der Waals surface area contributed by atoms with Gasteiger partial charge in [-0.25, -0.2) is 0 Å². The van der Waals surface area contributed by atoms with Gasteiger partial charge >= 0.3 is 0 Å². The molecule has 0 saturated heterocycles. The lowest BCUT2D eigenvalue weighted by atomic mass is 9.60. The molecule has 0 aromatic heterocycles. The number of Topliss-reactive ketones (excluding diaryl/α,β-unsaturated/α-hetero) is 2. The Kier molecular flexibility index (Phi) is 3.51. The number of hydrogen-bond donors (Lipinski definition) is 0. The van der Waals surface area contributed by atoms with Gasteiger partial charge in [0.1, 0.15) is 5.78 Å². The van der Waals surface area contributed by atoms with Gasteiger partial charge in [0.15, 0.2) is 5.78 Å². The standard InChI is InChI=1S/C13H17BrO4/c1-6-10-8(7(2)15)5-9(11(6)14)13(17-3,18-4)12(10)16/h8-10H,5H2,1-4H3/t8-,9+,10+/m1/s1. The molecule has 3 aliphatic carbocycles. The SMILES string of the molecule is COC1(OC)C(=O)[C@H]2C(C)=C(Br)[C@@H]1C[C@@H]2C(C)=O. The van der Waals surface area contributed by atoms with Crippen LogP contribution in [0.1, 0.15) is 20.3 Å². The van der Waals surface area contributed by atoms with Crippen LogP contribution in [0.15, 0.2) is 10.1 Å². The van der Waals surface area contributed by atoms with E-state index in [1.165, 1.54) is 14.2 Å². The van der Waals surface area contributed by atoms with Crippen molar-refractivity contribution >= 4 is 27.5 Å². The van der Waals surface area contributed by atoms with Crippen molar-refractivity contribution in [2.45, 2.75) is 26.1 Å². The number of halogens is 1. The second-order valence-electron chi connectivity index (χ2n) is 4.95. The van der Waals surface area contributed by atoms with E-state index >= 15 is 0 Å². The predicted octanol–water partition coefficient (Wildman–Crippen LogP) is 2.07. The number of allylic oxidation sites excluding steroid dienone is 1. The third-order valence-electron chi connectivity index (χ3n) is 4.25. The van der Waals surface area contributed by atoms with E-state index in [2.05, 4.69) is 15.9 Å². The minimum absolute atomic E-state index is 0.0542. The van der Waals surface area contributed by atoms with E-state index in [4.69, 9.17) is 9.47 Å². The summed E-state index contributed by atoms with van der Waals surface area (Å²) in [4.78, 5) is 24.3. The number of hydrogen-bond acceptors (Lipinski definition) is 4. The molecule has 0 unspecified atom stereocenters. The first-order chi connectivity index (χ1) is 8.40. The molecule has 0 aromatic carbocycles. The topological polar surface area (TPSA) is 52.6 Å². The van der Waals surface area contributed by atoms with Crippen LogP contribution >= 0.6 is 15.9 Å². The summed E-state index contributed by atoms with van der Waals surface area (Å²) < 4.78 is 11.7. The van der Waals surface area contributed by atoms with E-state index < -0.39 is 11.7 Å². The molecule has 1 saturated carbocycles. The summed E-state index contributed by atoms with van der Waals surface area (Å²) in [5.41, 5.74) is 0.932. The zero-order valence-corrected chi connectivity index (χ0v) is 12.5. The van der Waals surface area contributed by atoms with Gasteiger partial charge in [0, 0.05) is 24.6 Å². The van der Waals surface area contributed by atoms with Crippen LogP contribution in [0.3, 0.4) is 0 Å². The van der Waals surface area contributed by atoms with Gasteiger partial charge in [0.25, 0.3) is 0 Å². The first kappa shape index (κ1) is 13.9. The third kappa shape index (κ3) is 1.57. The van der Waals surface area contributed by atoms with E-state index in [9.17, 15) is 9.59 Å². The maximum Gasteiger partial charge on any atom is 0.236 e. The number of carbonyl (C=O) groups is 2.